The van der Waals surface area contributed by atoms with Crippen molar-refractivity contribution in [2.75, 3.05) is 26.2 Å². The lowest BCUT2D eigenvalue weighted by molar-refractivity contribution is -0.138. The Hall–Kier alpha value is -2.15. The summed E-state index contributed by atoms with van der Waals surface area (Å²) in [6.45, 7) is 3.45. The van der Waals surface area contributed by atoms with Crippen LogP contribution in [0, 0.1) is 11.6 Å². The topological polar surface area (TPSA) is 100 Å². The molecule has 2 heterocycles. The predicted molar refractivity (Wildman–Crippen MR) is 115 cm³/mol. The van der Waals surface area contributed by atoms with E-state index in [0.29, 0.717) is 36.2 Å². The van der Waals surface area contributed by atoms with E-state index in [1.165, 1.54) is 24.4 Å². The average Bonchev–Trinajstić information content (AvgIpc) is 2.69. The van der Waals surface area contributed by atoms with E-state index in [2.05, 4.69) is 20.9 Å². The smallest absolute Gasteiger partial charge is 0.269 e. The van der Waals surface area contributed by atoms with Crippen LogP contribution in [-0.4, -0.2) is 65.9 Å². The minimum absolute atomic E-state index is 0.0520. The molecule has 174 valence electrons. The minimum atomic E-state index is -4.31. The van der Waals surface area contributed by atoms with Gasteiger partial charge >= 0.3 is 0 Å². The van der Waals surface area contributed by atoms with Crippen LogP contribution in [0.3, 0.4) is 0 Å². The molecule has 1 atom stereocenters. The second-order valence-electron chi connectivity index (χ2n) is 7.55. The first-order valence-corrected chi connectivity index (χ1v) is 12.1. The number of carbonyl (C=O) groups is 1. The molecule has 1 saturated heterocycles. The molecule has 8 nitrogen and oxygen atoms in total. The Bertz CT molecular complexity index is 1100. The zero-order chi connectivity index (χ0) is 23.5. The van der Waals surface area contributed by atoms with Gasteiger partial charge in [0.2, 0.25) is 5.88 Å². The maximum absolute atomic E-state index is 13.4. The van der Waals surface area contributed by atoms with E-state index in [9.17, 15) is 22.0 Å². The van der Waals surface area contributed by atoms with Crippen LogP contribution >= 0.6 is 15.9 Å². The summed E-state index contributed by atoms with van der Waals surface area (Å²) in [6, 6.07) is 5.09. The molecule has 1 amide bonds. The number of benzene rings is 1. The number of aromatic nitrogens is 1. The summed E-state index contributed by atoms with van der Waals surface area (Å²) in [5, 5.41) is 0. The summed E-state index contributed by atoms with van der Waals surface area (Å²) in [4.78, 5) is 20.4. The quantitative estimate of drug-likeness (QED) is 0.546. The van der Waals surface area contributed by atoms with Crippen molar-refractivity contribution in [3.63, 3.8) is 0 Å². The van der Waals surface area contributed by atoms with Crippen molar-refractivity contribution in [2.24, 2.45) is 0 Å². The van der Waals surface area contributed by atoms with Crippen molar-refractivity contribution in [3.05, 3.63) is 57.7 Å². The Morgan fingerprint density at radius 3 is 2.69 bits per heavy atom. The highest BCUT2D eigenvalue weighted by atomic mass is 79.9. The number of hydrogen-bond acceptors (Lipinski definition) is 6. The van der Waals surface area contributed by atoms with Crippen molar-refractivity contribution in [2.45, 2.75) is 25.3 Å². The van der Waals surface area contributed by atoms with E-state index >= 15 is 0 Å². The molecule has 1 aromatic heterocycles. The number of amides is 1. The zero-order valence-corrected chi connectivity index (χ0v) is 19.6. The number of carbonyl (C=O) groups excluding carboxylic acids is 1. The van der Waals surface area contributed by atoms with Crippen molar-refractivity contribution in [1.82, 2.24) is 14.8 Å². The molecule has 12 heteroatoms. The van der Waals surface area contributed by atoms with Gasteiger partial charge in [-0.2, -0.15) is 8.42 Å². The second-order valence-corrected chi connectivity index (χ2v) is 9.92. The molecular weight excluding hydrogens is 512 g/mol. The molecule has 1 aromatic carbocycles. The van der Waals surface area contributed by atoms with E-state index in [1.54, 1.807) is 4.90 Å². The second kappa shape index (κ2) is 10.2. The number of hydrogen-bond donors (Lipinski definition) is 1. The van der Waals surface area contributed by atoms with Gasteiger partial charge in [0, 0.05) is 48.5 Å². The third-order valence-electron chi connectivity index (χ3n) is 4.98. The van der Waals surface area contributed by atoms with Gasteiger partial charge in [-0.15, -0.1) is 0 Å². The molecule has 1 aliphatic rings. The van der Waals surface area contributed by atoms with Gasteiger partial charge in [0.05, 0.1) is 0 Å². The van der Waals surface area contributed by atoms with Gasteiger partial charge in [-0.3, -0.25) is 14.2 Å². The fraction of sp³-hybridized carbons (Fsp3) is 0.400. The van der Waals surface area contributed by atoms with E-state index in [-0.39, 0.29) is 30.0 Å². The Labute approximate surface area is 193 Å². The number of rotatable bonds is 7. The number of ether oxygens (including phenoxy) is 1. The highest BCUT2D eigenvalue weighted by Crippen LogP contribution is 2.22. The fourth-order valence-electron chi connectivity index (χ4n) is 3.55. The van der Waals surface area contributed by atoms with Gasteiger partial charge in [0.1, 0.15) is 5.75 Å². The Morgan fingerprint density at radius 1 is 1.28 bits per heavy atom. The summed E-state index contributed by atoms with van der Waals surface area (Å²) in [5.41, 5.74) is 0.769. The minimum Gasteiger partial charge on any atom is -0.467 e. The highest BCUT2D eigenvalue weighted by Gasteiger charge is 2.28. The maximum Gasteiger partial charge on any atom is 0.269 e. The number of nitrogens with zero attached hydrogens (tertiary/aromatic N) is 3. The molecule has 1 N–H and O–H groups in total. The van der Waals surface area contributed by atoms with E-state index in [0.717, 1.165) is 6.07 Å². The van der Waals surface area contributed by atoms with Crippen LogP contribution < -0.4 is 4.74 Å². The van der Waals surface area contributed by atoms with E-state index < -0.39 is 27.5 Å². The highest BCUT2D eigenvalue weighted by molar-refractivity contribution is 9.10. The lowest BCUT2D eigenvalue weighted by Gasteiger charge is -2.39. The third-order valence-corrected chi connectivity index (χ3v) is 6.09. The molecule has 0 saturated carbocycles. The summed E-state index contributed by atoms with van der Waals surface area (Å²) in [7, 11) is -4.31. The van der Waals surface area contributed by atoms with Crippen LogP contribution in [0.5, 0.6) is 5.88 Å². The monoisotopic (exact) mass is 533 g/mol. The number of halogens is 3. The Balaban J connectivity index is 1.57. The first-order valence-electron chi connectivity index (χ1n) is 9.70. The molecule has 32 heavy (non-hydrogen) atoms. The fourth-order valence-corrected chi connectivity index (χ4v) is 4.53. The van der Waals surface area contributed by atoms with Gasteiger partial charge in [-0.05, 0) is 46.6 Å². The van der Waals surface area contributed by atoms with Gasteiger partial charge in [-0.1, -0.05) is 6.07 Å². The molecule has 1 aliphatic heterocycles. The number of piperazine rings is 1. The first-order chi connectivity index (χ1) is 15.0. The largest absolute Gasteiger partial charge is 0.467 e. The molecule has 2 aromatic rings. The zero-order valence-electron chi connectivity index (χ0n) is 17.2. The summed E-state index contributed by atoms with van der Waals surface area (Å²) >= 11 is 3.18. The summed E-state index contributed by atoms with van der Waals surface area (Å²) < 4.78 is 64.1. The van der Waals surface area contributed by atoms with Crippen molar-refractivity contribution >= 4 is 32.0 Å². The van der Waals surface area contributed by atoms with Crippen LogP contribution in [0.25, 0.3) is 0 Å². The molecular formula is C20H22BrF2N3O5S. The van der Waals surface area contributed by atoms with E-state index in [4.69, 9.17) is 9.29 Å². The van der Waals surface area contributed by atoms with Gasteiger partial charge in [0.15, 0.2) is 18.2 Å². The van der Waals surface area contributed by atoms with Gasteiger partial charge < -0.3 is 9.64 Å². The Kier molecular flexibility index (Phi) is 7.80. The molecule has 0 unspecified atom stereocenters. The number of pyridine rings is 1. The summed E-state index contributed by atoms with van der Waals surface area (Å²) in [5.74, 6) is -2.83. The molecule has 3 rings (SSSR count). The van der Waals surface area contributed by atoms with Crippen molar-refractivity contribution in [3.8, 4) is 5.88 Å². The Morgan fingerprint density at radius 2 is 2.03 bits per heavy atom. The van der Waals surface area contributed by atoms with Crippen LogP contribution in [0.2, 0.25) is 0 Å². The summed E-state index contributed by atoms with van der Waals surface area (Å²) in [6.07, 6.45) is 1.40. The molecule has 0 aliphatic carbocycles. The maximum atomic E-state index is 13.4. The average molecular weight is 534 g/mol. The predicted octanol–water partition coefficient (Wildman–Crippen LogP) is 2.62. The van der Waals surface area contributed by atoms with Gasteiger partial charge in [-0.25, -0.2) is 13.8 Å². The lowest BCUT2D eigenvalue weighted by Crippen LogP contribution is -2.54. The lowest BCUT2D eigenvalue weighted by atomic mass is 10.1. The molecule has 1 fully saturated rings. The van der Waals surface area contributed by atoms with Crippen LogP contribution in [0.1, 0.15) is 18.1 Å². The molecule has 0 spiro atoms. The van der Waals surface area contributed by atoms with Crippen molar-refractivity contribution in [1.29, 1.82) is 0 Å². The SMILES string of the molecule is C[C@@H]1CN(Cc2ccc(F)c(F)c2)CCN1C(=O)COc1ncc(Br)cc1CS(=O)(=O)O. The molecule has 0 radical (unpaired) electrons. The van der Waals surface area contributed by atoms with Gasteiger partial charge in [0.25, 0.3) is 16.0 Å². The standard InChI is InChI=1S/C20H22BrF2N3O5S/c1-13-9-25(10-14-2-3-17(22)18(23)6-14)4-5-26(13)19(27)11-31-20-15(12-32(28,29)30)7-16(21)8-24-20/h2-3,6-8,13H,4-5,9-12H2,1H3,(H,28,29,30)/t13-/m1/s1. The van der Waals surface area contributed by atoms with E-state index in [1.807, 2.05) is 11.8 Å². The first kappa shape index (κ1) is 24.5. The van der Waals surface area contributed by atoms with Crippen molar-refractivity contribution < 1.29 is 31.3 Å². The van der Waals surface area contributed by atoms with Crippen LogP contribution in [0.15, 0.2) is 34.9 Å². The normalized spacial score (nSPS) is 17.4. The molecule has 0 bridgehead atoms. The third kappa shape index (κ3) is 6.67. The van der Waals surface area contributed by atoms with Crippen LogP contribution in [-0.2, 0) is 27.2 Å². The van der Waals surface area contributed by atoms with Crippen LogP contribution in [0.4, 0.5) is 8.78 Å².